The van der Waals surface area contributed by atoms with Gasteiger partial charge in [-0.05, 0) is 57.8 Å². The Morgan fingerprint density at radius 1 is 0.812 bits per heavy atom. The van der Waals surface area contributed by atoms with E-state index in [9.17, 15) is 28.5 Å². The zero-order chi connectivity index (χ0) is 35.5. The van der Waals surface area contributed by atoms with E-state index in [0.717, 1.165) is 64.2 Å². The summed E-state index contributed by atoms with van der Waals surface area (Å²) in [6.07, 6.45) is 22.3. The smallest absolute Gasteiger partial charge is 0.397 e. The van der Waals surface area contributed by atoms with E-state index in [1.165, 1.54) is 0 Å². The lowest BCUT2D eigenvalue weighted by atomic mass is 9.99. The van der Waals surface area contributed by atoms with Gasteiger partial charge in [-0.15, -0.1) is 0 Å². The van der Waals surface area contributed by atoms with Crippen LogP contribution >= 0.6 is 0 Å². The number of ether oxygens (including phenoxy) is 4. The summed E-state index contributed by atoms with van der Waals surface area (Å²) < 4.78 is 58.1. The van der Waals surface area contributed by atoms with Crippen molar-refractivity contribution in [2.24, 2.45) is 0 Å². The molecule has 1 fully saturated rings. The van der Waals surface area contributed by atoms with E-state index >= 15 is 0 Å². The maximum absolute atomic E-state index is 12.4. The average Bonchev–Trinajstić information content (AvgIpc) is 3.04. The normalized spacial score (nSPS) is 23.0. The molecule has 0 bridgehead atoms. The van der Waals surface area contributed by atoms with Crippen LogP contribution in [-0.2, 0) is 38.3 Å². The molecule has 0 aliphatic carbocycles. The monoisotopic (exact) mass is 702 g/mol. The van der Waals surface area contributed by atoms with Crippen LogP contribution < -0.4 is 0 Å². The van der Waals surface area contributed by atoms with Crippen LogP contribution in [0.2, 0.25) is 0 Å². The molecule has 13 heteroatoms. The topological polar surface area (TPSA) is 178 Å². The molecule has 6 unspecified atom stereocenters. The number of hydrogen-bond acceptors (Lipinski definition) is 11. The summed E-state index contributed by atoms with van der Waals surface area (Å²) in [5.41, 5.74) is 0. The number of unbranched alkanes of at least 4 members (excludes halogenated alkanes) is 4. The van der Waals surface area contributed by atoms with Gasteiger partial charge in [0.05, 0.1) is 19.8 Å². The summed E-state index contributed by atoms with van der Waals surface area (Å²) >= 11 is 0. The minimum atomic E-state index is -5.05. The average molecular weight is 703 g/mol. The number of allylic oxidation sites excluding steroid dienone is 10. The van der Waals surface area contributed by atoms with Crippen LogP contribution in [-0.4, -0.2) is 97.5 Å². The van der Waals surface area contributed by atoms with Crippen molar-refractivity contribution in [3.8, 4) is 0 Å². The lowest BCUT2D eigenvalue weighted by Gasteiger charge is -2.41. The van der Waals surface area contributed by atoms with Gasteiger partial charge in [0.25, 0.3) is 0 Å². The largest absolute Gasteiger partial charge is 0.457 e. The SMILES string of the molecule is CC/C=C\C/C=C\C/C=C\C/C=C\C/C=C\CCCCOCC(COC1OC(CO)C(O)C(OS(=O)(=O)O)C1O)OC(=O)CCCCC. The fourth-order valence-corrected chi connectivity index (χ4v) is 5.09. The van der Waals surface area contributed by atoms with Gasteiger partial charge in [-0.1, -0.05) is 87.4 Å². The summed E-state index contributed by atoms with van der Waals surface area (Å²) in [4.78, 5) is 12.4. The predicted molar refractivity (Wildman–Crippen MR) is 183 cm³/mol. The molecule has 1 rings (SSSR count). The van der Waals surface area contributed by atoms with E-state index < -0.39 is 59.8 Å². The highest BCUT2D eigenvalue weighted by Crippen LogP contribution is 2.25. The number of rotatable bonds is 27. The van der Waals surface area contributed by atoms with Crippen LogP contribution in [0.25, 0.3) is 0 Å². The van der Waals surface area contributed by atoms with E-state index in [4.69, 9.17) is 23.5 Å². The summed E-state index contributed by atoms with van der Waals surface area (Å²) in [5.74, 6) is -0.444. The van der Waals surface area contributed by atoms with Crippen molar-refractivity contribution in [1.29, 1.82) is 0 Å². The molecule has 1 aliphatic rings. The van der Waals surface area contributed by atoms with Crippen LogP contribution in [0.4, 0.5) is 0 Å². The van der Waals surface area contributed by atoms with Gasteiger partial charge in [0.2, 0.25) is 0 Å². The van der Waals surface area contributed by atoms with Gasteiger partial charge in [0.15, 0.2) is 6.29 Å². The molecular formula is C35H58O12S. The van der Waals surface area contributed by atoms with Crippen molar-refractivity contribution in [3.05, 3.63) is 60.8 Å². The standard InChI is InChI=1S/C35H58O12S/c1-3-5-7-8-9-10-11-12-13-14-15-16-17-18-19-20-21-23-25-43-27-29(45-31(37)24-22-6-4-2)28-44-35-33(39)34(47-48(40,41)42)32(38)30(26-36)46-35/h5,7,9-10,12-13,15-16,18-19,29-30,32-36,38-39H,3-4,6,8,11,14,17,20-28H2,1-2H3,(H,40,41,42)/b7-5-,10-9-,13-12-,16-15-,19-18-. The van der Waals surface area contributed by atoms with Gasteiger partial charge in [0, 0.05) is 13.0 Å². The zero-order valence-electron chi connectivity index (χ0n) is 28.5. The highest BCUT2D eigenvalue weighted by molar-refractivity contribution is 7.80. The Morgan fingerprint density at radius 3 is 1.98 bits per heavy atom. The molecule has 0 spiro atoms. The maximum atomic E-state index is 12.4. The third-order valence-electron chi connectivity index (χ3n) is 7.15. The first-order valence-corrected chi connectivity index (χ1v) is 18.4. The highest BCUT2D eigenvalue weighted by Gasteiger charge is 2.48. The summed E-state index contributed by atoms with van der Waals surface area (Å²) in [7, 11) is -5.05. The van der Waals surface area contributed by atoms with E-state index in [0.29, 0.717) is 13.0 Å². The quantitative estimate of drug-likeness (QED) is 0.0388. The van der Waals surface area contributed by atoms with E-state index in [2.05, 4.69) is 71.9 Å². The Kier molecular flexibility index (Phi) is 25.2. The first-order chi connectivity index (χ1) is 23.1. The third kappa shape index (κ3) is 21.7. The number of aliphatic hydroxyl groups excluding tert-OH is 3. The molecule has 0 aromatic rings. The number of carbonyl (C=O) groups excluding carboxylic acids is 1. The molecule has 0 aromatic heterocycles. The van der Waals surface area contributed by atoms with Crippen molar-refractivity contribution in [2.75, 3.05) is 26.4 Å². The van der Waals surface area contributed by atoms with Crippen molar-refractivity contribution < 1.29 is 56.2 Å². The summed E-state index contributed by atoms with van der Waals surface area (Å²) in [5, 5.41) is 30.2. The van der Waals surface area contributed by atoms with Crippen LogP contribution in [0, 0.1) is 0 Å². The molecule has 0 amide bonds. The summed E-state index contributed by atoms with van der Waals surface area (Å²) in [6.45, 7) is 3.51. The number of carbonyl (C=O) groups is 1. The second-order valence-corrected chi connectivity index (χ2v) is 12.4. The van der Waals surface area contributed by atoms with Gasteiger partial charge in [-0.25, -0.2) is 4.18 Å². The van der Waals surface area contributed by atoms with E-state index in [1.54, 1.807) is 0 Å². The van der Waals surface area contributed by atoms with Gasteiger partial charge in [-0.2, -0.15) is 8.42 Å². The number of hydrogen-bond donors (Lipinski definition) is 4. The van der Waals surface area contributed by atoms with Gasteiger partial charge in [-0.3, -0.25) is 9.35 Å². The summed E-state index contributed by atoms with van der Waals surface area (Å²) in [6, 6.07) is 0. The molecule has 1 aliphatic heterocycles. The Balaban J connectivity index is 2.44. The first kappa shape index (κ1) is 43.8. The predicted octanol–water partition coefficient (Wildman–Crippen LogP) is 5.06. The molecule has 0 radical (unpaired) electrons. The molecule has 276 valence electrons. The van der Waals surface area contributed by atoms with E-state index in [-0.39, 0.29) is 19.6 Å². The van der Waals surface area contributed by atoms with Gasteiger partial charge < -0.3 is 34.3 Å². The molecule has 4 N–H and O–H groups in total. The minimum Gasteiger partial charge on any atom is -0.457 e. The van der Waals surface area contributed by atoms with Crippen LogP contribution in [0.3, 0.4) is 0 Å². The highest BCUT2D eigenvalue weighted by atomic mass is 32.3. The fraction of sp³-hybridized carbons (Fsp3) is 0.686. The lowest BCUT2D eigenvalue weighted by Crippen LogP contribution is -2.60. The second-order valence-electron chi connectivity index (χ2n) is 11.4. The first-order valence-electron chi connectivity index (χ1n) is 17.0. The molecule has 1 heterocycles. The van der Waals surface area contributed by atoms with Crippen molar-refractivity contribution >= 4 is 16.4 Å². The lowest BCUT2D eigenvalue weighted by molar-refractivity contribution is -0.301. The molecule has 12 nitrogen and oxygen atoms in total. The van der Waals surface area contributed by atoms with Gasteiger partial charge >= 0.3 is 16.4 Å². The molecule has 0 saturated carbocycles. The Labute approximate surface area is 287 Å². The van der Waals surface area contributed by atoms with Crippen LogP contribution in [0.15, 0.2) is 60.8 Å². The van der Waals surface area contributed by atoms with Gasteiger partial charge in [0.1, 0.15) is 30.5 Å². The third-order valence-corrected chi connectivity index (χ3v) is 7.62. The zero-order valence-corrected chi connectivity index (χ0v) is 29.3. The molecule has 48 heavy (non-hydrogen) atoms. The maximum Gasteiger partial charge on any atom is 0.397 e. The Morgan fingerprint density at radius 2 is 1.42 bits per heavy atom. The van der Waals surface area contributed by atoms with Crippen LogP contribution in [0.5, 0.6) is 0 Å². The Bertz CT molecular complexity index is 1090. The molecular weight excluding hydrogens is 644 g/mol. The molecule has 0 aromatic carbocycles. The Hall–Kier alpha value is -2.20. The molecule has 1 saturated heterocycles. The van der Waals surface area contributed by atoms with Crippen molar-refractivity contribution in [2.45, 2.75) is 128 Å². The molecule has 6 atom stereocenters. The fourth-order valence-electron chi connectivity index (χ4n) is 4.58. The number of esters is 1. The van der Waals surface area contributed by atoms with E-state index in [1.807, 2.05) is 6.92 Å². The van der Waals surface area contributed by atoms with Crippen molar-refractivity contribution in [1.82, 2.24) is 0 Å². The van der Waals surface area contributed by atoms with Crippen molar-refractivity contribution in [3.63, 3.8) is 0 Å². The minimum absolute atomic E-state index is 0.000997. The van der Waals surface area contributed by atoms with Crippen LogP contribution in [0.1, 0.15) is 90.9 Å². The number of aliphatic hydroxyl groups is 3. The second kappa shape index (κ2) is 27.6.